The molecule has 2 aliphatic heterocycles. The van der Waals surface area contributed by atoms with Gasteiger partial charge in [0.1, 0.15) is 11.7 Å². The van der Waals surface area contributed by atoms with Crippen molar-refractivity contribution in [3.05, 3.63) is 76.1 Å². The van der Waals surface area contributed by atoms with Gasteiger partial charge < -0.3 is 29.0 Å². The van der Waals surface area contributed by atoms with E-state index >= 15 is 0 Å². The number of Topliss-reactive ketones (excluding diaryl/α,β-unsaturated/α-hetero) is 1. The van der Waals surface area contributed by atoms with E-state index in [-0.39, 0.29) is 20.0 Å². The Bertz CT molecular complexity index is 1390. The highest BCUT2D eigenvalue weighted by atomic mass is 16.7. The van der Waals surface area contributed by atoms with Gasteiger partial charge in [0.15, 0.2) is 17.3 Å². The fraction of sp³-hybridized carbons (Fsp3) is 0.367. The Morgan fingerprint density at radius 1 is 1.03 bits per heavy atom. The van der Waals surface area contributed by atoms with E-state index in [1.54, 1.807) is 52.1 Å². The highest BCUT2D eigenvalue weighted by Gasteiger charge is 2.49. The highest BCUT2D eigenvalue weighted by Crippen LogP contribution is 2.50. The first-order valence-electron chi connectivity index (χ1n) is 13.0. The number of hydrogen-bond acceptors (Lipinski definition) is 9. The van der Waals surface area contributed by atoms with E-state index in [1.807, 2.05) is 18.2 Å². The molecule has 0 fully saturated rings. The molecule has 204 valence electrons. The molecule has 2 aromatic carbocycles. The summed E-state index contributed by atoms with van der Waals surface area (Å²) in [5, 5.41) is 3.31. The molecular weight excluding hydrogens is 502 g/mol. The number of nitrogens with one attached hydrogen (secondary N) is 1. The van der Waals surface area contributed by atoms with E-state index in [0.717, 1.165) is 5.56 Å². The van der Waals surface area contributed by atoms with Gasteiger partial charge in [0.05, 0.1) is 25.9 Å². The van der Waals surface area contributed by atoms with Gasteiger partial charge in [0.25, 0.3) is 0 Å². The normalized spacial score (nSPS) is 21.7. The average molecular weight is 534 g/mol. The van der Waals surface area contributed by atoms with Crippen LogP contribution in [0.25, 0.3) is 0 Å². The topological polar surface area (TPSA) is 109 Å². The standard InChI is InChI=1S/C30H31NO8/c1-5-36-29(33)24-16(3)31-20-14-19(18-9-7-8-10-21(18)35-4)26(30(34)37-6-2)28(32)27(20)25(24)17-11-12-22-23(13-17)39-15-38-22/h7-13,19,25-26,31H,5-6,14-15H2,1-4H3/t19-,25-,26-/m1/s1. The molecule has 0 saturated heterocycles. The Morgan fingerprint density at radius 2 is 1.77 bits per heavy atom. The third-order valence-corrected chi connectivity index (χ3v) is 7.32. The number of ether oxygens (including phenoxy) is 5. The smallest absolute Gasteiger partial charge is 0.336 e. The van der Waals surface area contributed by atoms with E-state index in [1.165, 1.54) is 0 Å². The lowest BCUT2D eigenvalue weighted by Crippen LogP contribution is -2.43. The number of para-hydroxylation sites is 1. The predicted molar refractivity (Wildman–Crippen MR) is 140 cm³/mol. The molecule has 9 heteroatoms. The van der Waals surface area contributed by atoms with Crippen LogP contribution in [0.4, 0.5) is 0 Å². The quantitative estimate of drug-likeness (QED) is 0.415. The van der Waals surface area contributed by atoms with Gasteiger partial charge >= 0.3 is 11.9 Å². The Kier molecular flexibility index (Phi) is 7.32. The van der Waals surface area contributed by atoms with Gasteiger partial charge in [-0.1, -0.05) is 24.3 Å². The molecule has 0 spiro atoms. The number of hydrogen-bond donors (Lipinski definition) is 1. The van der Waals surface area contributed by atoms with Crippen molar-refractivity contribution in [3.8, 4) is 17.2 Å². The fourth-order valence-corrected chi connectivity index (χ4v) is 5.71. The summed E-state index contributed by atoms with van der Waals surface area (Å²) in [6.45, 7) is 5.61. The van der Waals surface area contributed by atoms with Crippen molar-refractivity contribution in [2.24, 2.45) is 5.92 Å². The van der Waals surface area contributed by atoms with Crippen molar-refractivity contribution in [1.82, 2.24) is 5.32 Å². The molecule has 0 unspecified atom stereocenters. The van der Waals surface area contributed by atoms with Crippen molar-refractivity contribution >= 4 is 17.7 Å². The SMILES string of the molecule is CCOC(=O)C1=C(C)NC2=C(C(=O)[C@H](C(=O)OCC)[C@@H](c3ccccc3OC)C2)[C@@H]1c1ccc2c(c1)OCO2. The molecule has 5 rings (SSSR count). The minimum absolute atomic E-state index is 0.0863. The lowest BCUT2D eigenvalue weighted by molar-refractivity contribution is -0.152. The van der Waals surface area contributed by atoms with Gasteiger partial charge in [0.2, 0.25) is 6.79 Å². The van der Waals surface area contributed by atoms with Crippen LogP contribution in [0.5, 0.6) is 17.2 Å². The summed E-state index contributed by atoms with van der Waals surface area (Å²) in [6, 6.07) is 12.7. The molecule has 9 nitrogen and oxygen atoms in total. The number of rotatable bonds is 7. The van der Waals surface area contributed by atoms with Gasteiger partial charge in [0, 0.05) is 28.8 Å². The zero-order valence-electron chi connectivity index (χ0n) is 22.4. The molecule has 1 N–H and O–H groups in total. The molecule has 0 bridgehead atoms. The number of ketones is 1. The first kappa shape index (κ1) is 26.3. The minimum atomic E-state index is -1.12. The van der Waals surface area contributed by atoms with Gasteiger partial charge in [-0.3, -0.25) is 9.59 Å². The Balaban J connectivity index is 1.69. The molecule has 39 heavy (non-hydrogen) atoms. The molecule has 0 amide bonds. The van der Waals surface area contributed by atoms with Crippen LogP contribution in [-0.2, 0) is 23.9 Å². The lowest BCUT2D eigenvalue weighted by Gasteiger charge is -2.39. The van der Waals surface area contributed by atoms with E-state index in [0.29, 0.717) is 51.8 Å². The summed E-state index contributed by atoms with van der Waals surface area (Å²) in [5.41, 5.74) is 3.26. The molecule has 3 aliphatic rings. The second-order valence-corrected chi connectivity index (χ2v) is 9.47. The maximum absolute atomic E-state index is 14.4. The van der Waals surface area contributed by atoms with Crippen molar-refractivity contribution in [1.29, 1.82) is 0 Å². The first-order valence-corrected chi connectivity index (χ1v) is 13.0. The second-order valence-electron chi connectivity index (χ2n) is 9.47. The predicted octanol–water partition coefficient (Wildman–Crippen LogP) is 4.14. The van der Waals surface area contributed by atoms with Crippen LogP contribution in [0, 0.1) is 5.92 Å². The van der Waals surface area contributed by atoms with Crippen LogP contribution in [0.3, 0.4) is 0 Å². The van der Waals surface area contributed by atoms with Crippen LogP contribution in [0.1, 0.15) is 50.2 Å². The van der Waals surface area contributed by atoms with Crippen molar-refractivity contribution in [3.63, 3.8) is 0 Å². The summed E-state index contributed by atoms with van der Waals surface area (Å²) >= 11 is 0. The van der Waals surface area contributed by atoms with Crippen LogP contribution < -0.4 is 19.5 Å². The molecular formula is C30H31NO8. The Labute approximate surface area is 226 Å². The number of esters is 2. The van der Waals surface area contributed by atoms with Gasteiger partial charge in [-0.25, -0.2) is 4.79 Å². The summed E-state index contributed by atoms with van der Waals surface area (Å²) in [5.74, 6) is -2.32. The Morgan fingerprint density at radius 3 is 2.51 bits per heavy atom. The molecule has 1 aliphatic carbocycles. The second kappa shape index (κ2) is 10.8. The highest BCUT2D eigenvalue weighted by molar-refractivity contribution is 6.13. The molecule has 2 heterocycles. The largest absolute Gasteiger partial charge is 0.496 e. The van der Waals surface area contributed by atoms with E-state index in [9.17, 15) is 14.4 Å². The number of methoxy groups -OCH3 is 1. The number of allylic oxidation sites excluding steroid dienone is 3. The molecule has 2 aromatic rings. The van der Waals surface area contributed by atoms with Crippen LogP contribution in [0.2, 0.25) is 0 Å². The third kappa shape index (κ3) is 4.62. The van der Waals surface area contributed by atoms with E-state index in [4.69, 9.17) is 23.7 Å². The fourth-order valence-electron chi connectivity index (χ4n) is 5.71. The molecule has 0 saturated carbocycles. The summed E-state index contributed by atoms with van der Waals surface area (Å²) in [4.78, 5) is 41.1. The molecule has 3 atom stereocenters. The van der Waals surface area contributed by atoms with Gasteiger partial charge in [-0.05, 0) is 56.5 Å². The zero-order valence-corrected chi connectivity index (χ0v) is 22.4. The lowest BCUT2D eigenvalue weighted by atomic mass is 9.67. The number of carbonyl (C=O) groups is 3. The molecule has 0 radical (unpaired) electrons. The Hall–Kier alpha value is -4.27. The third-order valence-electron chi connectivity index (χ3n) is 7.32. The minimum Gasteiger partial charge on any atom is -0.496 e. The van der Waals surface area contributed by atoms with Crippen molar-refractivity contribution in [2.45, 2.75) is 39.0 Å². The van der Waals surface area contributed by atoms with Crippen LogP contribution in [-0.4, -0.2) is 44.8 Å². The maximum atomic E-state index is 14.4. The number of fused-ring (bicyclic) bond motifs is 1. The zero-order chi connectivity index (χ0) is 27.7. The van der Waals surface area contributed by atoms with Gasteiger partial charge in [-0.2, -0.15) is 0 Å². The average Bonchev–Trinajstić information content (AvgIpc) is 3.40. The van der Waals surface area contributed by atoms with E-state index in [2.05, 4.69) is 5.32 Å². The van der Waals surface area contributed by atoms with Crippen LogP contribution >= 0.6 is 0 Å². The molecule has 0 aromatic heterocycles. The maximum Gasteiger partial charge on any atom is 0.336 e. The monoisotopic (exact) mass is 533 g/mol. The summed E-state index contributed by atoms with van der Waals surface area (Å²) < 4.78 is 27.5. The van der Waals surface area contributed by atoms with E-state index < -0.39 is 35.5 Å². The summed E-state index contributed by atoms with van der Waals surface area (Å²) in [7, 11) is 1.56. The first-order chi connectivity index (χ1) is 18.9. The number of benzene rings is 2. The number of carbonyl (C=O) groups excluding carboxylic acids is 3. The summed E-state index contributed by atoms with van der Waals surface area (Å²) in [6.07, 6.45) is 0.333. The van der Waals surface area contributed by atoms with Crippen LogP contribution in [0.15, 0.2) is 65.0 Å². The van der Waals surface area contributed by atoms with Crippen molar-refractivity contribution < 1.29 is 38.1 Å². The van der Waals surface area contributed by atoms with Gasteiger partial charge in [-0.15, -0.1) is 0 Å². The number of dihydropyridines is 1. The van der Waals surface area contributed by atoms with Crippen molar-refractivity contribution in [2.75, 3.05) is 27.1 Å².